The summed E-state index contributed by atoms with van der Waals surface area (Å²) in [6, 6.07) is 6.49. The van der Waals surface area contributed by atoms with E-state index in [1.54, 1.807) is 24.1 Å². The minimum absolute atomic E-state index is 0.146. The van der Waals surface area contributed by atoms with E-state index >= 15 is 0 Å². The molecule has 0 saturated carbocycles. The van der Waals surface area contributed by atoms with E-state index in [1.807, 2.05) is 0 Å². The Balaban J connectivity index is 2.05. The molecule has 0 saturated heterocycles. The molecule has 6 heteroatoms. The highest BCUT2D eigenvalue weighted by Gasteiger charge is 2.12. The van der Waals surface area contributed by atoms with Crippen LogP contribution in [0.25, 0.3) is 0 Å². The Morgan fingerprint density at radius 3 is 2.65 bits per heavy atom. The van der Waals surface area contributed by atoms with Gasteiger partial charge < -0.3 is 10.2 Å². The van der Waals surface area contributed by atoms with E-state index in [-0.39, 0.29) is 11.6 Å². The van der Waals surface area contributed by atoms with Crippen molar-refractivity contribution in [3.63, 3.8) is 0 Å². The van der Waals surface area contributed by atoms with Gasteiger partial charge in [0.1, 0.15) is 17.3 Å². The topological polar surface area (TPSA) is 45.2 Å². The SMILES string of the molecule is CCCCN(C)C(=O)c1ccc(Nc2ccc(F)cc2F)cn1. The van der Waals surface area contributed by atoms with Crippen LogP contribution in [0.1, 0.15) is 30.3 Å². The molecular formula is C17H19F2N3O. The molecule has 1 N–H and O–H groups in total. The number of rotatable bonds is 6. The van der Waals surface area contributed by atoms with Crippen LogP contribution >= 0.6 is 0 Å². The maximum absolute atomic E-state index is 13.6. The molecule has 0 aliphatic heterocycles. The van der Waals surface area contributed by atoms with Crippen LogP contribution in [-0.2, 0) is 0 Å². The van der Waals surface area contributed by atoms with Gasteiger partial charge in [-0.05, 0) is 30.7 Å². The average molecular weight is 319 g/mol. The van der Waals surface area contributed by atoms with Crippen molar-refractivity contribution in [3.8, 4) is 0 Å². The van der Waals surface area contributed by atoms with Gasteiger partial charge in [0.2, 0.25) is 0 Å². The Morgan fingerprint density at radius 1 is 1.26 bits per heavy atom. The smallest absolute Gasteiger partial charge is 0.272 e. The van der Waals surface area contributed by atoms with Gasteiger partial charge in [-0.25, -0.2) is 13.8 Å². The number of hydrogen-bond donors (Lipinski definition) is 1. The van der Waals surface area contributed by atoms with E-state index < -0.39 is 11.6 Å². The molecule has 0 spiro atoms. The molecule has 1 amide bonds. The number of unbranched alkanes of at least 4 members (excludes halogenated alkanes) is 1. The molecule has 0 radical (unpaired) electrons. The zero-order chi connectivity index (χ0) is 16.8. The Bertz CT molecular complexity index is 674. The largest absolute Gasteiger partial charge is 0.352 e. The summed E-state index contributed by atoms with van der Waals surface area (Å²) in [5, 5.41) is 2.80. The Kier molecular flexibility index (Phi) is 5.62. The number of anilines is 2. The third-order valence-corrected chi connectivity index (χ3v) is 3.39. The van der Waals surface area contributed by atoms with E-state index in [0.29, 0.717) is 17.9 Å². The molecule has 1 aromatic heterocycles. The minimum Gasteiger partial charge on any atom is -0.352 e. The molecule has 2 aromatic rings. The molecule has 0 aliphatic carbocycles. The van der Waals surface area contributed by atoms with Crippen molar-refractivity contribution < 1.29 is 13.6 Å². The first-order chi connectivity index (χ1) is 11.0. The predicted molar refractivity (Wildman–Crippen MR) is 85.7 cm³/mol. The second-order valence-corrected chi connectivity index (χ2v) is 5.26. The molecule has 4 nitrogen and oxygen atoms in total. The lowest BCUT2D eigenvalue weighted by atomic mass is 10.2. The van der Waals surface area contributed by atoms with Gasteiger partial charge in [-0.3, -0.25) is 4.79 Å². The van der Waals surface area contributed by atoms with Crippen LogP contribution in [0.3, 0.4) is 0 Å². The monoisotopic (exact) mass is 319 g/mol. The van der Waals surface area contributed by atoms with Crippen molar-refractivity contribution in [3.05, 3.63) is 53.9 Å². The van der Waals surface area contributed by atoms with Gasteiger partial charge in [0.05, 0.1) is 17.6 Å². The second-order valence-electron chi connectivity index (χ2n) is 5.26. The second kappa shape index (κ2) is 7.67. The Hall–Kier alpha value is -2.50. The molecule has 1 aromatic carbocycles. The van der Waals surface area contributed by atoms with Gasteiger partial charge in [-0.1, -0.05) is 13.3 Å². The fourth-order valence-electron chi connectivity index (χ4n) is 2.03. The summed E-state index contributed by atoms with van der Waals surface area (Å²) in [4.78, 5) is 17.9. The summed E-state index contributed by atoms with van der Waals surface area (Å²) in [5.41, 5.74) is 0.990. The summed E-state index contributed by atoms with van der Waals surface area (Å²) < 4.78 is 26.5. The number of pyridine rings is 1. The van der Waals surface area contributed by atoms with Crippen LogP contribution in [-0.4, -0.2) is 29.4 Å². The van der Waals surface area contributed by atoms with Crippen molar-refractivity contribution in [2.24, 2.45) is 0 Å². The van der Waals surface area contributed by atoms with E-state index in [4.69, 9.17) is 0 Å². The number of aromatic nitrogens is 1. The van der Waals surface area contributed by atoms with Crippen molar-refractivity contribution in [1.29, 1.82) is 0 Å². The van der Waals surface area contributed by atoms with E-state index in [0.717, 1.165) is 18.9 Å². The lowest BCUT2D eigenvalue weighted by molar-refractivity contribution is 0.0787. The lowest BCUT2D eigenvalue weighted by Crippen LogP contribution is -2.28. The van der Waals surface area contributed by atoms with Gasteiger partial charge in [0, 0.05) is 19.7 Å². The van der Waals surface area contributed by atoms with Crippen molar-refractivity contribution >= 4 is 17.3 Å². The fourth-order valence-corrected chi connectivity index (χ4v) is 2.03. The number of hydrogen-bond acceptors (Lipinski definition) is 3. The maximum Gasteiger partial charge on any atom is 0.272 e. The summed E-state index contributed by atoms with van der Waals surface area (Å²) in [6.07, 6.45) is 3.40. The highest BCUT2D eigenvalue weighted by atomic mass is 19.1. The number of nitrogens with zero attached hydrogens (tertiary/aromatic N) is 2. The number of carbonyl (C=O) groups is 1. The molecule has 0 fully saturated rings. The normalized spacial score (nSPS) is 10.4. The van der Waals surface area contributed by atoms with E-state index in [1.165, 1.54) is 18.3 Å². The van der Waals surface area contributed by atoms with E-state index in [9.17, 15) is 13.6 Å². The Labute approximate surface area is 134 Å². The molecule has 0 atom stereocenters. The molecule has 2 rings (SSSR count). The number of carbonyl (C=O) groups excluding carboxylic acids is 1. The summed E-state index contributed by atoms with van der Waals surface area (Å²) >= 11 is 0. The van der Waals surface area contributed by atoms with Gasteiger partial charge >= 0.3 is 0 Å². The van der Waals surface area contributed by atoms with Crippen LogP contribution in [0.5, 0.6) is 0 Å². The zero-order valence-corrected chi connectivity index (χ0v) is 13.1. The number of nitrogens with one attached hydrogen (secondary N) is 1. The molecule has 0 bridgehead atoms. The standard InChI is InChI=1S/C17H19F2N3O/c1-3-4-9-22(2)17(23)16-8-6-13(11-20-16)21-15-7-5-12(18)10-14(15)19/h5-8,10-11,21H,3-4,9H2,1-2H3. The van der Waals surface area contributed by atoms with Crippen LogP contribution in [0.4, 0.5) is 20.2 Å². The third-order valence-electron chi connectivity index (χ3n) is 3.39. The molecule has 0 aliphatic rings. The van der Waals surface area contributed by atoms with Crippen molar-refractivity contribution in [2.45, 2.75) is 19.8 Å². The van der Waals surface area contributed by atoms with Crippen LogP contribution in [0, 0.1) is 11.6 Å². The van der Waals surface area contributed by atoms with E-state index in [2.05, 4.69) is 17.2 Å². The third kappa shape index (κ3) is 4.48. The molecule has 122 valence electrons. The fraction of sp³-hybridized carbons (Fsp3) is 0.294. The van der Waals surface area contributed by atoms with Crippen molar-refractivity contribution in [2.75, 3.05) is 18.9 Å². The first-order valence-electron chi connectivity index (χ1n) is 7.45. The van der Waals surface area contributed by atoms with Crippen LogP contribution in [0.15, 0.2) is 36.5 Å². The van der Waals surface area contributed by atoms with Gasteiger partial charge in [0.25, 0.3) is 5.91 Å². The summed E-state index contributed by atoms with van der Waals surface area (Å²) in [6.45, 7) is 2.74. The summed E-state index contributed by atoms with van der Waals surface area (Å²) in [5.74, 6) is -1.48. The predicted octanol–water partition coefficient (Wildman–Crippen LogP) is 3.98. The first kappa shape index (κ1) is 16.9. The molecular weight excluding hydrogens is 300 g/mol. The molecule has 0 unspecified atom stereocenters. The number of amides is 1. The van der Waals surface area contributed by atoms with Gasteiger partial charge in [-0.2, -0.15) is 0 Å². The Morgan fingerprint density at radius 2 is 2.04 bits per heavy atom. The quantitative estimate of drug-likeness (QED) is 0.876. The van der Waals surface area contributed by atoms with Gasteiger partial charge in [0.15, 0.2) is 0 Å². The first-order valence-corrected chi connectivity index (χ1v) is 7.45. The lowest BCUT2D eigenvalue weighted by Gasteiger charge is -2.16. The van der Waals surface area contributed by atoms with Crippen LogP contribution in [0.2, 0.25) is 0 Å². The number of benzene rings is 1. The number of halogens is 2. The minimum atomic E-state index is -0.690. The highest BCUT2D eigenvalue weighted by molar-refractivity contribution is 5.92. The average Bonchev–Trinajstić information content (AvgIpc) is 2.55. The van der Waals surface area contributed by atoms with Crippen molar-refractivity contribution in [1.82, 2.24) is 9.88 Å². The maximum atomic E-state index is 13.6. The highest BCUT2D eigenvalue weighted by Crippen LogP contribution is 2.20. The van der Waals surface area contributed by atoms with Gasteiger partial charge in [-0.15, -0.1) is 0 Å². The van der Waals surface area contributed by atoms with Crippen LogP contribution < -0.4 is 5.32 Å². The summed E-state index contributed by atoms with van der Waals surface area (Å²) in [7, 11) is 1.74. The molecule has 23 heavy (non-hydrogen) atoms. The zero-order valence-electron chi connectivity index (χ0n) is 13.1. The molecule has 1 heterocycles.